The zero-order chi connectivity index (χ0) is 21.8. The summed E-state index contributed by atoms with van der Waals surface area (Å²) in [7, 11) is 0. The summed E-state index contributed by atoms with van der Waals surface area (Å²) in [5.74, 6) is 2.60. The van der Waals surface area contributed by atoms with Gasteiger partial charge in [-0.3, -0.25) is 0 Å². The van der Waals surface area contributed by atoms with Crippen LogP contribution < -0.4 is 9.80 Å². The van der Waals surface area contributed by atoms with Crippen LogP contribution in [0, 0.1) is 5.92 Å². The minimum absolute atomic E-state index is 0.0351. The first kappa shape index (κ1) is 19.8. The highest BCUT2D eigenvalue weighted by Crippen LogP contribution is 2.57. The number of aromatic nitrogens is 2. The molecule has 3 atom stereocenters. The quantitative estimate of drug-likeness (QED) is 0.448. The molecular formula is C27H30N4. The molecule has 3 unspecified atom stereocenters. The molecule has 0 amide bonds. The van der Waals surface area contributed by atoms with Crippen LogP contribution in [0.3, 0.4) is 0 Å². The minimum Gasteiger partial charge on any atom is -0.301 e. The average Bonchev–Trinajstić information content (AvgIpc) is 3.13. The van der Waals surface area contributed by atoms with Crippen LogP contribution in [0.25, 0.3) is 0 Å². The Kier molecular flexibility index (Phi) is 4.62. The van der Waals surface area contributed by atoms with E-state index in [0.29, 0.717) is 11.8 Å². The van der Waals surface area contributed by atoms with Gasteiger partial charge < -0.3 is 9.80 Å². The molecule has 3 aromatic rings. The van der Waals surface area contributed by atoms with Crippen LogP contribution in [0.15, 0.2) is 73.6 Å². The van der Waals surface area contributed by atoms with Crippen LogP contribution in [0.5, 0.6) is 0 Å². The van der Waals surface area contributed by atoms with E-state index in [0.717, 1.165) is 18.1 Å². The monoisotopic (exact) mass is 410 g/mol. The molecule has 0 bridgehead atoms. The van der Waals surface area contributed by atoms with Crippen molar-refractivity contribution in [2.45, 2.75) is 51.6 Å². The summed E-state index contributed by atoms with van der Waals surface area (Å²) >= 11 is 0. The lowest BCUT2D eigenvalue weighted by atomic mass is 9.65. The zero-order valence-corrected chi connectivity index (χ0v) is 18.8. The first-order chi connectivity index (χ1) is 15.0. The zero-order valence-electron chi connectivity index (χ0n) is 18.8. The van der Waals surface area contributed by atoms with Crippen molar-refractivity contribution >= 4 is 23.0 Å². The third-order valence-corrected chi connectivity index (χ3v) is 7.26. The van der Waals surface area contributed by atoms with Crippen molar-refractivity contribution < 1.29 is 0 Å². The molecular weight excluding hydrogens is 380 g/mol. The van der Waals surface area contributed by atoms with E-state index in [1.54, 1.807) is 6.20 Å². The molecule has 3 heterocycles. The number of hydrogen-bond acceptors (Lipinski definition) is 4. The topological polar surface area (TPSA) is 32.3 Å². The molecule has 0 aliphatic carbocycles. The second-order valence-electron chi connectivity index (χ2n) is 9.29. The average molecular weight is 411 g/mol. The van der Waals surface area contributed by atoms with E-state index >= 15 is 0 Å². The number of fused-ring (bicyclic) bond motifs is 5. The van der Waals surface area contributed by atoms with Gasteiger partial charge in [-0.1, -0.05) is 70.2 Å². The number of hydrogen-bond donors (Lipinski definition) is 0. The Morgan fingerprint density at radius 1 is 0.968 bits per heavy atom. The van der Waals surface area contributed by atoms with Gasteiger partial charge in [-0.15, -0.1) is 6.58 Å². The van der Waals surface area contributed by atoms with E-state index in [-0.39, 0.29) is 11.6 Å². The van der Waals surface area contributed by atoms with E-state index in [9.17, 15) is 0 Å². The largest absolute Gasteiger partial charge is 0.301 e. The third-order valence-electron chi connectivity index (χ3n) is 7.26. The summed E-state index contributed by atoms with van der Waals surface area (Å²) in [5, 5.41) is 0. The van der Waals surface area contributed by atoms with Crippen molar-refractivity contribution in [3.05, 3.63) is 84.7 Å². The number of para-hydroxylation sites is 2. The van der Waals surface area contributed by atoms with Gasteiger partial charge in [0.05, 0.1) is 0 Å². The molecule has 0 radical (unpaired) electrons. The van der Waals surface area contributed by atoms with E-state index in [2.05, 4.69) is 98.7 Å². The van der Waals surface area contributed by atoms with Crippen molar-refractivity contribution in [3.8, 4) is 0 Å². The maximum atomic E-state index is 4.84. The van der Waals surface area contributed by atoms with Gasteiger partial charge in [0, 0.05) is 35.1 Å². The van der Waals surface area contributed by atoms with Gasteiger partial charge in [-0.25, -0.2) is 9.97 Å². The van der Waals surface area contributed by atoms with E-state index in [1.165, 1.54) is 22.5 Å². The molecule has 0 fully saturated rings. The van der Waals surface area contributed by atoms with Crippen LogP contribution in [0.4, 0.5) is 23.0 Å². The number of benzene rings is 2. The molecule has 158 valence electrons. The van der Waals surface area contributed by atoms with Crippen molar-refractivity contribution in [2.24, 2.45) is 5.92 Å². The number of anilines is 4. The Labute approximate surface area is 185 Å². The third kappa shape index (κ3) is 2.74. The summed E-state index contributed by atoms with van der Waals surface area (Å²) in [6, 6.07) is 17.5. The number of nitrogens with zero attached hydrogens (tertiary/aromatic N) is 4. The predicted molar refractivity (Wildman–Crippen MR) is 128 cm³/mol. The SMILES string of the molecule is C=CCC1(C)c2ccccc2N2c3nccnc3N(c3ccccc3C(C)C)C2C1C. The predicted octanol–water partition coefficient (Wildman–Crippen LogP) is 6.70. The van der Waals surface area contributed by atoms with Crippen LogP contribution in [0.1, 0.15) is 51.2 Å². The molecule has 2 aromatic carbocycles. The molecule has 4 heteroatoms. The van der Waals surface area contributed by atoms with Gasteiger partial charge in [0.1, 0.15) is 6.17 Å². The lowest BCUT2D eigenvalue weighted by Crippen LogP contribution is -2.54. The molecule has 0 saturated carbocycles. The first-order valence-electron chi connectivity index (χ1n) is 11.2. The van der Waals surface area contributed by atoms with Gasteiger partial charge in [-0.2, -0.15) is 0 Å². The molecule has 5 rings (SSSR count). The highest BCUT2D eigenvalue weighted by atomic mass is 15.5. The van der Waals surface area contributed by atoms with Crippen molar-refractivity contribution in [2.75, 3.05) is 9.80 Å². The van der Waals surface area contributed by atoms with Gasteiger partial charge in [-0.05, 0) is 35.6 Å². The second-order valence-corrected chi connectivity index (χ2v) is 9.29. The molecule has 0 saturated heterocycles. The van der Waals surface area contributed by atoms with E-state index in [4.69, 9.17) is 9.97 Å². The van der Waals surface area contributed by atoms with Crippen LogP contribution in [-0.2, 0) is 5.41 Å². The van der Waals surface area contributed by atoms with Gasteiger partial charge in [0.15, 0.2) is 11.6 Å². The first-order valence-corrected chi connectivity index (χ1v) is 11.2. The summed E-state index contributed by atoms with van der Waals surface area (Å²) in [4.78, 5) is 14.5. The number of rotatable bonds is 4. The highest BCUT2D eigenvalue weighted by Gasteiger charge is 2.53. The standard InChI is InChI=1S/C27H30N4/c1-6-15-27(5)19(4)26-30(22-13-9-7-11-20(22)18(2)3)24-25(29-17-16-28-24)31(26)23-14-10-8-12-21(23)27/h6-14,16-19,26H,1,15H2,2-5H3. The Morgan fingerprint density at radius 2 is 1.55 bits per heavy atom. The highest BCUT2D eigenvalue weighted by molar-refractivity contribution is 5.87. The Morgan fingerprint density at radius 3 is 2.19 bits per heavy atom. The maximum Gasteiger partial charge on any atom is 0.178 e. The van der Waals surface area contributed by atoms with E-state index < -0.39 is 0 Å². The molecule has 2 aliphatic rings. The fraction of sp³-hybridized carbons (Fsp3) is 0.333. The van der Waals surface area contributed by atoms with Crippen molar-refractivity contribution in [3.63, 3.8) is 0 Å². The normalized spacial score (nSPS) is 24.0. The lowest BCUT2D eigenvalue weighted by Gasteiger charge is -2.51. The summed E-state index contributed by atoms with van der Waals surface area (Å²) in [5.41, 5.74) is 5.10. The Balaban J connectivity index is 1.80. The lowest BCUT2D eigenvalue weighted by molar-refractivity contribution is 0.258. The van der Waals surface area contributed by atoms with Gasteiger partial charge in [0.2, 0.25) is 0 Å². The van der Waals surface area contributed by atoms with E-state index in [1.807, 2.05) is 6.20 Å². The second kappa shape index (κ2) is 7.23. The molecule has 1 aromatic heterocycles. The van der Waals surface area contributed by atoms with Crippen LogP contribution >= 0.6 is 0 Å². The Hall–Kier alpha value is -3.14. The fourth-order valence-electron chi connectivity index (χ4n) is 5.52. The van der Waals surface area contributed by atoms with Crippen molar-refractivity contribution in [1.29, 1.82) is 0 Å². The summed E-state index contributed by atoms with van der Waals surface area (Å²) in [6.45, 7) is 13.4. The molecule has 0 spiro atoms. The fourth-order valence-corrected chi connectivity index (χ4v) is 5.52. The molecule has 31 heavy (non-hydrogen) atoms. The van der Waals surface area contributed by atoms with Crippen LogP contribution in [0.2, 0.25) is 0 Å². The molecule has 2 aliphatic heterocycles. The number of allylic oxidation sites excluding steroid dienone is 1. The van der Waals surface area contributed by atoms with Crippen LogP contribution in [-0.4, -0.2) is 16.1 Å². The molecule has 0 N–H and O–H groups in total. The Bertz CT molecular complexity index is 1140. The smallest absolute Gasteiger partial charge is 0.178 e. The van der Waals surface area contributed by atoms with Gasteiger partial charge in [0.25, 0.3) is 0 Å². The summed E-state index contributed by atoms with van der Waals surface area (Å²) in [6.07, 6.45) is 6.69. The summed E-state index contributed by atoms with van der Waals surface area (Å²) < 4.78 is 0. The maximum absolute atomic E-state index is 4.84. The van der Waals surface area contributed by atoms with Crippen molar-refractivity contribution in [1.82, 2.24) is 9.97 Å². The molecule has 4 nitrogen and oxygen atoms in total. The van der Waals surface area contributed by atoms with Gasteiger partial charge >= 0.3 is 0 Å². The minimum atomic E-state index is -0.0351.